The summed E-state index contributed by atoms with van der Waals surface area (Å²) in [6.45, 7) is 12.5. The Balaban J connectivity index is 2.53. The Kier molecular flexibility index (Phi) is 4.40. The average Bonchev–Trinajstić information content (AvgIpc) is 2.26. The first-order valence-electron chi connectivity index (χ1n) is 6.60. The van der Waals surface area contributed by atoms with Crippen molar-refractivity contribution >= 4 is 5.84 Å². The van der Waals surface area contributed by atoms with Gasteiger partial charge in [-0.15, -0.1) is 0 Å². The number of rotatable bonds is 2. The summed E-state index contributed by atoms with van der Waals surface area (Å²) in [4.78, 5) is 4.64. The van der Waals surface area contributed by atoms with Crippen molar-refractivity contribution in [3.05, 3.63) is 0 Å². The van der Waals surface area contributed by atoms with E-state index in [1.54, 1.807) is 0 Å². The normalized spacial score (nSPS) is 18.9. The van der Waals surface area contributed by atoms with Gasteiger partial charge in [-0.2, -0.15) is 0 Å². The Morgan fingerprint density at radius 1 is 1.06 bits per heavy atom. The molecule has 0 atom stereocenters. The molecule has 0 aliphatic carbocycles. The van der Waals surface area contributed by atoms with Crippen molar-refractivity contribution in [3.8, 4) is 0 Å². The van der Waals surface area contributed by atoms with Crippen LogP contribution in [-0.2, 0) is 0 Å². The molecule has 0 radical (unpaired) electrons. The minimum atomic E-state index is 0.154. The lowest BCUT2D eigenvalue weighted by Crippen LogP contribution is -2.45. The molecule has 0 bridgehead atoms. The van der Waals surface area contributed by atoms with Crippen molar-refractivity contribution in [1.29, 1.82) is 0 Å². The zero-order valence-corrected chi connectivity index (χ0v) is 11.7. The second kappa shape index (κ2) is 5.20. The molecule has 0 aromatic rings. The van der Waals surface area contributed by atoms with Crippen molar-refractivity contribution in [2.75, 3.05) is 6.54 Å². The highest BCUT2D eigenvalue weighted by Gasteiger charge is 2.26. The van der Waals surface area contributed by atoms with Gasteiger partial charge >= 0.3 is 0 Å². The predicted molar refractivity (Wildman–Crippen MR) is 72.1 cm³/mol. The van der Waals surface area contributed by atoms with Gasteiger partial charge in [-0.25, -0.2) is 0 Å². The summed E-state index contributed by atoms with van der Waals surface area (Å²) in [5, 5.41) is 3.64. The Morgan fingerprint density at radius 2 is 1.75 bits per heavy atom. The van der Waals surface area contributed by atoms with Gasteiger partial charge in [-0.3, -0.25) is 4.99 Å². The van der Waals surface area contributed by atoms with E-state index in [4.69, 9.17) is 0 Å². The van der Waals surface area contributed by atoms with Crippen LogP contribution in [0.15, 0.2) is 4.99 Å². The van der Waals surface area contributed by atoms with Crippen molar-refractivity contribution in [3.63, 3.8) is 0 Å². The van der Waals surface area contributed by atoms with E-state index >= 15 is 0 Å². The van der Waals surface area contributed by atoms with Crippen LogP contribution in [0.4, 0.5) is 0 Å². The van der Waals surface area contributed by atoms with Gasteiger partial charge in [0, 0.05) is 18.5 Å². The van der Waals surface area contributed by atoms with Crippen LogP contribution in [-0.4, -0.2) is 17.9 Å². The highest BCUT2D eigenvalue weighted by atomic mass is 15.0. The van der Waals surface area contributed by atoms with E-state index in [1.165, 1.54) is 31.5 Å². The van der Waals surface area contributed by atoms with Crippen LogP contribution in [0.25, 0.3) is 0 Å². The minimum absolute atomic E-state index is 0.154. The zero-order chi connectivity index (χ0) is 12.2. The quantitative estimate of drug-likeness (QED) is 0.758. The summed E-state index contributed by atoms with van der Waals surface area (Å²) in [5.74, 6) is 1.23. The van der Waals surface area contributed by atoms with E-state index in [2.05, 4.69) is 44.9 Å². The van der Waals surface area contributed by atoms with Crippen molar-refractivity contribution in [2.24, 2.45) is 10.4 Å². The number of aliphatic imine (C=N–C) groups is 1. The summed E-state index contributed by atoms with van der Waals surface area (Å²) in [5.41, 5.74) is 0.517. The Morgan fingerprint density at radius 3 is 2.38 bits per heavy atom. The van der Waals surface area contributed by atoms with Gasteiger partial charge in [-0.05, 0) is 38.5 Å². The topological polar surface area (TPSA) is 24.4 Å². The fraction of sp³-hybridized carbons (Fsp3) is 0.929. The highest BCUT2D eigenvalue weighted by molar-refractivity contribution is 5.83. The third-order valence-electron chi connectivity index (χ3n) is 2.83. The fourth-order valence-electron chi connectivity index (χ4n) is 2.74. The summed E-state index contributed by atoms with van der Waals surface area (Å²) in [6.07, 6.45) is 6.17. The third-order valence-corrected chi connectivity index (χ3v) is 2.83. The molecule has 1 rings (SSSR count). The molecule has 0 saturated heterocycles. The van der Waals surface area contributed by atoms with Crippen molar-refractivity contribution in [1.82, 2.24) is 5.32 Å². The van der Waals surface area contributed by atoms with Crippen molar-refractivity contribution in [2.45, 2.75) is 72.3 Å². The first-order valence-corrected chi connectivity index (χ1v) is 6.60. The maximum absolute atomic E-state index is 4.64. The molecule has 1 aliphatic heterocycles. The SMILES string of the molecule is CC(C)(C)CC(C)(C)NC1=NCCCCC1. The molecule has 2 heteroatoms. The molecule has 0 amide bonds. The molecule has 0 aromatic carbocycles. The molecule has 2 nitrogen and oxygen atoms in total. The van der Waals surface area contributed by atoms with Crippen LogP contribution >= 0.6 is 0 Å². The minimum Gasteiger partial charge on any atom is -0.369 e. The Labute approximate surface area is 101 Å². The molecular weight excluding hydrogens is 196 g/mol. The molecule has 16 heavy (non-hydrogen) atoms. The second-order valence-corrected chi connectivity index (χ2v) is 6.89. The molecule has 1 N–H and O–H groups in total. The van der Waals surface area contributed by atoms with Gasteiger partial charge in [-0.1, -0.05) is 27.2 Å². The number of nitrogens with one attached hydrogen (secondary N) is 1. The zero-order valence-electron chi connectivity index (χ0n) is 11.7. The molecule has 0 saturated carbocycles. The van der Waals surface area contributed by atoms with Gasteiger partial charge < -0.3 is 5.32 Å². The van der Waals surface area contributed by atoms with E-state index in [1.807, 2.05) is 0 Å². The van der Waals surface area contributed by atoms with E-state index in [0.717, 1.165) is 13.0 Å². The van der Waals surface area contributed by atoms with E-state index < -0.39 is 0 Å². The van der Waals surface area contributed by atoms with Crippen LogP contribution in [0.1, 0.15) is 66.7 Å². The van der Waals surface area contributed by atoms with Gasteiger partial charge in [0.15, 0.2) is 0 Å². The van der Waals surface area contributed by atoms with E-state index in [9.17, 15) is 0 Å². The lowest BCUT2D eigenvalue weighted by molar-refractivity contribution is 0.266. The summed E-state index contributed by atoms with van der Waals surface area (Å²) >= 11 is 0. The lowest BCUT2D eigenvalue weighted by atomic mass is 9.81. The maximum atomic E-state index is 4.64. The van der Waals surface area contributed by atoms with Gasteiger partial charge in [0.25, 0.3) is 0 Å². The molecule has 0 spiro atoms. The van der Waals surface area contributed by atoms with Crippen LogP contribution in [0.3, 0.4) is 0 Å². The summed E-state index contributed by atoms with van der Waals surface area (Å²) in [6, 6.07) is 0. The number of nitrogens with zero attached hydrogens (tertiary/aromatic N) is 1. The number of hydrogen-bond acceptors (Lipinski definition) is 2. The van der Waals surface area contributed by atoms with Crippen molar-refractivity contribution < 1.29 is 0 Å². The lowest BCUT2D eigenvalue weighted by Gasteiger charge is -2.34. The summed E-state index contributed by atoms with van der Waals surface area (Å²) in [7, 11) is 0. The van der Waals surface area contributed by atoms with E-state index in [-0.39, 0.29) is 5.54 Å². The van der Waals surface area contributed by atoms with Crippen LogP contribution in [0.2, 0.25) is 0 Å². The fourth-order valence-corrected chi connectivity index (χ4v) is 2.74. The van der Waals surface area contributed by atoms with Crippen LogP contribution < -0.4 is 5.32 Å². The van der Waals surface area contributed by atoms with Crippen LogP contribution in [0, 0.1) is 5.41 Å². The monoisotopic (exact) mass is 224 g/mol. The average molecular weight is 224 g/mol. The second-order valence-electron chi connectivity index (χ2n) is 6.89. The molecule has 1 aliphatic rings. The van der Waals surface area contributed by atoms with Gasteiger partial charge in [0.05, 0.1) is 5.84 Å². The van der Waals surface area contributed by atoms with Crippen LogP contribution in [0.5, 0.6) is 0 Å². The standard InChI is InChI=1S/C14H28N2/c1-13(2,3)11-14(4,5)16-12-9-7-6-8-10-15-12/h6-11H2,1-5H3,(H,15,16). The first-order chi connectivity index (χ1) is 7.29. The number of hydrogen-bond donors (Lipinski definition) is 1. The largest absolute Gasteiger partial charge is 0.369 e. The van der Waals surface area contributed by atoms with Gasteiger partial charge in [0.1, 0.15) is 0 Å². The predicted octanol–water partition coefficient (Wildman–Crippen LogP) is 3.76. The van der Waals surface area contributed by atoms with E-state index in [0.29, 0.717) is 5.41 Å². The summed E-state index contributed by atoms with van der Waals surface area (Å²) < 4.78 is 0. The third kappa shape index (κ3) is 5.53. The molecule has 94 valence electrons. The highest BCUT2D eigenvalue weighted by Crippen LogP contribution is 2.27. The first kappa shape index (κ1) is 13.5. The Bertz CT molecular complexity index is 246. The maximum Gasteiger partial charge on any atom is 0.0967 e. The van der Waals surface area contributed by atoms with Gasteiger partial charge in [0.2, 0.25) is 0 Å². The molecule has 0 fully saturated rings. The molecular formula is C14H28N2. The molecule has 0 aromatic heterocycles. The smallest absolute Gasteiger partial charge is 0.0967 e. The number of amidine groups is 1. The Hall–Kier alpha value is -0.530. The molecule has 0 unspecified atom stereocenters. The molecule has 1 heterocycles.